The van der Waals surface area contributed by atoms with Gasteiger partial charge in [0.05, 0.1) is 16.8 Å². The van der Waals surface area contributed by atoms with E-state index in [-0.39, 0.29) is 17.5 Å². The fraction of sp³-hybridized carbons (Fsp3) is 0.529. The van der Waals surface area contributed by atoms with E-state index in [2.05, 4.69) is 18.8 Å². The fourth-order valence-corrected chi connectivity index (χ4v) is 3.98. The molecule has 1 saturated carbocycles. The second-order valence-electron chi connectivity index (χ2n) is 6.03. The SMILES string of the molecule is CCC1CCC(n2c(CCl)nc3ccccc3c2=O)C1C. The number of aromatic nitrogens is 2. The van der Waals surface area contributed by atoms with Crippen LogP contribution in [0.1, 0.15) is 45.0 Å². The minimum Gasteiger partial charge on any atom is -0.292 e. The van der Waals surface area contributed by atoms with Gasteiger partial charge in [0.1, 0.15) is 5.82 Å². The lowest BCUT2D eigenvalue weighted by Crippen LogP contribution is -2.31. The number of hydrogen-bond donors (Lipinski definition) is 0. The molecule has 3 nitrogen and oxygen atoms in total. The number of alkyl halides is 1. The van der Waals surface area contributed by atoms with E-state index >= 15 is 0 Å². The maximum absolute atomic E-state index is 12.9. The molecule has 3 unspecified atom stereocenters. The van der Waals surface area contributed by atoms with E-state index < -0.39 is 0 Å². The van der Waals surface area contributed by atoms with Crippen LogP contribution in [0.4, 0.5) is 0 Å². The molecule has 1 fully saturated rings. The Labute approximate surface area is 130 Å². The van der Waals surface area contributed by atoms with Gasteiger partial charge in [-0.05, 0) is 36.8 Å². The third-order valence-corrected chi connectivity index (χ3v) is 5.28. The quantitative estimate of drug-likeness (QED) is 0.799. The Hall–Kier alpha value is -1.35. The summed E-state index contributed by atoms with van der Waals surface area (Å²) >= 11 is 6.08. The molecule has 1 heterocycles. The van der Waals surface area contributed by atoms with Crippen LogP contribution in [0, 0.1) is 11.8 Å². The van der Waals surface area contributed by atoms with E-state index in [0.29, 0.717) is 23.0 Å². The predicted molar refractivity (Wildman–Crippen MR) is 86.8 cm³/mol. The first kappa shape index (κ1) is 14.6. The van der Waals surface area contributed by atoms with Crippen molar-refractivity contribution in [1.82, 2.24) is 9.55 Å². The fourth-order valence-electron chi connectivity index (χ4n) is 3.79. The van der Waals surface area contributed by atoms with Crippen LogP contribution >= 0.6 is 11.6 Å². The van der Waals surface area contributed by atoms with Gasteiger partial charge in [-0.3, -0.25) is 9.36 Å². The highest BCUT2D eigenvalue weighted by Crippen LogP contribution is 2.41. The smallest absolute Gasteiger partial charge is 0.261 e. The molecule has 3 rings (SSSR count). The highest BCUT2D eigenvalue weighted by molar-refractivity contribution is 6.16. The van der Waals surface area contributed by atoms with Gasteiger partial charge < -0.3 is 0 Å². The van der Waals surface area contributed by atoms with Crippen LogP contribution < -0.4 is 5.56 Å². The van der Waals surface area contributed by atoms with Crippen molar-refractivity contribution in [2.75, 3.05) is 0 Å². The average Bonchev–Trinajstić information content (AvgIpc) is 2.88. The largest absolute Gasteiger partial charge is 0.292 e. The van der Waals surface area contributed by atoms with Gasteiger partial charge in [-0.2, -0.15) is 0 Å². The molecular formula is C17H21ClN2O. The number of hydrogen-bond acceptors (Lipinski definition) is 2. The minimum absolute atomic E-state index is 0.0600. The van der Waals surface area contributed by atoms with Crippen molar-refractivity contribution >= 4 is 22.5 Å². The molecule has 0 bridgehead atoms. The normalized spacial score (nSPS) is 25.6. The molecule has 1 aliphatic rings. The number of fused-ring (bicyclic) bond motifs is 1. The number of halogens is 1. The molecule has 0 spiro atoms. The zero-order valence-corrected chi connectivity index (χ0v) is 13.3. The third-order valence-electron chi connectivity index (χ3n) is 5.04. The number of nitrogens with zero attached hydrogens (tertiary/aromatic N) is 2. The van der Waals surface area contributed by atoms with Gasteiger partial charge in [-0.1, -0.05) is 32.4 Å². The molecule has 1 aliphatic carbocycles. The lowest BCUT2D eigenvalue weighted by atomic mass is 9.93. The maximum atomic E-state index is 12.9. The second-order valence-corrected chi connectivity index (χ2v) is 6.29. The number of benzene rings is 1. The minimum atomic E-state index is 0.0600. The average molecular weight is 305 g/mol. The molecule has 3 atom stereocenters. The molecule has 21 heavy (non-hydrogen) atoms. The zero-order valence-electron chi connectivity index (χ0n) is 12.6. The van der Waals surface area contributed by atoms with E-state index in [4.69, 9.17) is 11.6 Å². The molecule has 0 saturated heterocycles. The van der Waals surface area contributed by atoms with Gasteiger partial charge in [0.25, 0.3) is 5.56 Å². The highest BCUT2D eigenvalue weighted by Gasteiger charge is 2.34. The molecule has 0 amide bonds. The van der Waals surface area contributed by atoms with E-state index in [9.17, 15) is 4.79 Å². The summed E-state index contributed by atoms with van der Waals surface area (Å²) in [5.74, 6) is 2.17. The van der Waals surface area contributed by atoms with Crippen molar-refractivity contribution in [3.8, 4) is 0 Å². The number of rotatable bonds is 3. The van der Waals surface area contributed by atoms with Crippen molar-refractivity contribution in [3.63, 3.8) is 0 Å². The summed E-state index contributed by atoms with van der Waals surface area (Å²) in [4.78, 5) is 17.5. The van der Waals surface area contributed by atoms with Crippen LogP contribution in [0.2, 0.25) is 0 Å². The lowest BCUT2D eigenvalue weighted by Gasteiger charge is -2.24. The second kappa shape index (κ2) is 5.80. The van der Waals surface area contributed by atoms with Crippen LogP contribution in [0.5, 0.6) is 0 Å². The molecule has 0 radical (unpaired) electrons. The van der Waals surface area contributed by atoms with E-state index in [1.54, 1.807) is 0 Å². The molecule has 4 heteroatoms. The molecule has 0 aliphatic heterocycles. The monoisotopic (exact) mass is 304 g/mol. The van der Waals surface area contributed by atoms with Gasteiger partial charge in [-0.15, -0.1) is 11.6 Å². The number of para-hydroxylation sites is 1. The Morgan fingerprint density at radius 1 is 1.33 bits per heavy atom. The third kappa shape index (κ3) is 2.38. The van der Waals surface area contributed by atoms with E-state index in [1.165, 1.54) is 12.8 Å². The Morgan fingerprint density at radius 2 is 2.10 bits per heavy atom. The Morgan fingerprint density at radius 3 is 2.76 bits per heavy atom. The summed E-state index contributed by atoms with van der Waals surface area (Å²) in [5.41, 5.74) is 0.803. The van der Waals surface area contributed by atoms with Crippen molar-refractivity contribution in [2.45, 2.75) is 45.0 Å². The summed E-state index contributed by atoms with van der Waals surface area (Å²) < 4.78 is 1.87. The molecule has 0 N–H and O–H groups in total. The van der Waals surface area contributed by atoms with Crippen molar-refractivity contribution < 1.29 is 0 Å². The van der Waals surface area contributed by atoms with Gasteiger partial charge >= 0.3 is 0 Å². The van der Waals surface area contributed by atoms with Gasteiger partial charge in [0.2, 0.25) is 0 Å². The topological polar surface area (TPSA) is 34.9 Å². The van der Waals surface area contributed by atoms with E-state index in [1.807, 2.05) is 28.8 Å². The lowest BCUT2D eigenvalue weighted by molar-refractivity contribution is 0.319. The van der Waals surface area contributed by atoms with Crippen molar-refractivity contribution in [3.05, 3.63) is 40.4 Å². The molecule has 1 aromatic heterocycles. The highest BCUT2D eigenvalue weighted by atomic mass is 35.5. The first-order valence-electron chi connectivity index (χ1n) is 7.73. The van der Waals surface area contributed by atoms with Crippen LogP contribution in [-0.4, -0.2) is 9.55 Å². The van der Waals surface area contributed by atoms with Gasteiger partial charge in [0.15, 0.2) is 0 Å². The maximum Gasteiger partial charge on any atom is 0.261 e. The predicted octanol–water partition coefficient (Wildman–Crippen LogP) is 4.13. The molecular weight excluding hydrogens is 284 g/mol. The Bertz CT molecular complexity index is 709. The standard InChI is InChI=1S/C17H21ClN2O/c1-3-12-8-9-15(11(12)2)20-16(10-18)19-14-7-5-4-6-13(14)17(20)21/h4-7,11-12,15H,3,8-10H2,1-2H3. The zero-order chi connectivity index (χ0) is 15.0. The van der Waals surface area contributed by atoms with Crippen LogP contribution in [0.25, 0.3) is 10.9 Å². The molecule has 112 valence electrons. The van der Waals surface area contributed by atoms with Crippen LogP contribution in [0.3, 0.4) is 0 Å². The first-order valence-corrected chi connectivity index (χ1v) is 8.27. The summed E-state index contributed by atoms with van der Waals surface area (Å²) in [6, 6.07) is 7.76. The van der Waals surface area contributed by atoms with Crippen LogP contribution in [0.15, 0.2) is 29.1 Å². The van der Waals surface area contributed by atoms with E-state index in [0.717, 1.165) is 11.9 Å². The Balaban J connectivity index is 2.18. The van der Waals surface area contributed by atoms with Gasteiger partial charge in [0, 0.05) is 6.04 Å². The Kier molecular flexibility index (Phi) is 4.03. The summed E-state index contributed by atoms with van der Waals surface area (Å²) in [5, 5.41) is 0.693. The van der Waals surface area contributed by atoms with Crippen molar-refractivity contribution in [2.24, 2.45) is 11.8 Å². The summed E-state index contributed by atoms with van der Waals surface area (Å²) in [6.45, 7) is 4.49. The summed E-state index contributed by atoms with van der Waals surface area (Å²) in [7, 11) is 0. The van der Waals surface area contributed by atoms with Crippen LogP contribution in [-0.2, 0) is 5.88 Å². The van der Waals surface area contributed by atoms with Crippen molar-refractivity contribution in [1.29, 1.82) is 0 Å². The summed E-state index contributed by atoms with van der Waals surface area (Å²) in [6.07, 6.45) is 3.40. The van der Waals surface area contributed by atoms with Gasteiger partial charge in [-0.25, -0.2) is 4.98 Å². The molecule has 1 aromatic carbocycles. The molecule has 2 aromatic rings. The first-order chi connectivity index (χ1) is 10.2.